The molecule has 3 rings (SSSR count). The molecule has 138 valence electrons. The number of nitrogens with one attached hydrogen (secondary N) is 1. The van der Waals surface area contributed by atoms with Gasteiger partial charge in [0.15, 0.2) is 0 Å². The highest BCUT2D eigenvalue weighted by Crippen LogP contribution is 2.20. The van der Waals surface area contributed by atoms with Gasteiger partial charge in [-0.1, -0.05) is 48.0 Å². The number of rotatable bonds is 6. The molecule has 0 radical (unpaired) electrons. The number of benzene rings is 3. The molecule has 27 heavy (non-hydrogen) atoms. The molecule has 0 aliphatic heterocycles. The van der Waals surface area contributed by atoms with Crippen LogP contribution in [0.3, 0.4) is 0 Å². The zero-order valence-corrected chi connectivity index (χ0v) is 15.5. The molecule has 0 spiro atoms. The van der Waals surface area contributed by atoms with Crippen LogP contribution in [0.25, 0.3) is 0 Å². The third kappa shape index (κ3) is 5.08. The molecule has 0 aliphatic carbocycles. The minimum Gasteiger partial charge on any atom is -0.489 e. The van der Waals surface area contributed by atoms with Gasteiger partial charge in [0.2, 0.25) is 0 Å². The zero-order valence-electron chi connectivity index (χ0n) is 14.8. The molecule has 1 atom stereocenters. The molecule has 3 aromatic carbocycles. The van der Waals surface area contributed by atoms with Crippen molar-refractivity contribution in [2.24, 2.45) is 0 Å². The third-order valence-corrected chi connectivity index (χ3v) is 4.53. The van der Waals surface area contributed by atoms with Gasteiger partial charge in [-0.25, -0.2) is 4.39 Å². The van der Waals surface area contributed by atoms with Crippen molar-refractivity contribution in [2.75, 3.05) is 0 Å². The van der Waals surface area contributed by atoms with E-state index in [0.29, 0.717) is 22.9 Å². The van der Waals surface area contributed by atoms with Gasteiger partial charge in [-0.3, -0.25) is 4.79 Å². The Labute approximate surface area is 162 Å². The molecule has 0 fully saturated rings. The highest BCUT2D eigenvalue weighted by molar-refractivity contribution is 6.31. The zero-order chi connectivity index (χ0) is 19.2. The van der Waals surface area contributed by atoms with Crippen molar-refractivity contribution in [1.29, 1.82) is 0 Å². The lowest BCUT2D eigenvalue weighted by molar-refractivity contribution is 0.0939. The second-order valence-electron chi connectivity index (χ2n) is 6.15. The molecule has 3 aromatic rings. The third-order valence-electron chi connectivity index (χ3n) is 4.17. The van der Waals surface area contributed by atoms with Crippen molar-refractivity contribution in [3.05, 3.63) is 100 Å². The van der Waals surface area contributed by atoms with Gasteiger partial charge >= 0.3 is 0 Å². The average molecular weight is 384 g/mol. The van der Waals surface area contributed by atoms with E-state index in [4.69, 9.17) is 16.3 Å². The van der Waals surface area contributed by atoms with Crippen molar-refractivity contribution in [3.8, 4) is 5.75 Å². The monoisotopic (exact) mass is 383 g/mol. The van der Waals surface area contributed by atoms with E-state index in [-0.39, 0.29) is 17.8 Å². The van der Waals surface area contributed by atoms with Crippen molar-refractivity contribution >= 4 is 17.5 Å². The topological polar surface area (TPSA) is 38.3 Å². The van der Waals surface area contributed by atoms with Crippen LogP contribution in [-0.4, -0.2) is 5.91 Å². The Balaban J connectivity index is 1.64. The molecule has 0 aromatic heterocycles. The van der Waals surface area contributed by atoms with Crippen molar-refractivity contribution < 1.29 is 13.9 Å². The van der Waals surface area contributed by atoms with Gasteiger partial charge in [0.25, 0.3) is 5.91 Å². The van der Waals surface area contributed by atoms with Crippen LogP contribution in [0.5, 0.6) is 5.75 Å². The summed E-state index contributed by atoms with van der Waals surface area (Å²) in [5.74, 6) is 0.0488. The number of carbonyl (C=O) groups excluding carboxylic acids is 1. The Hall–Kier alpha value is -2.85. The summed E-state index contributed by atoms with van der Waals surface area (Å²) in [6, 6.07) is 20.2. The number of ether oxygens (including phenoxy) is 1. The first-order valence-corrected chi connectivity index (χ1v) is 8.93. The maximum absolute atomic E-state index is 13.0. The summed E-state index contributed by atoms with van der Waals surface area (Å²) in [5, 5.41) is 3.54. The van der Waals surface area contributed by atoms with Crippen LogP contribution in [0.2, 0.25) is 5.02 Å². The van der Waals surface area contributed by atoms with E-state index in [2.05, 4.69) is 5.32 Å². The second-order valence-corrected chi connectivity index (χ2v) is 6.56. The van der Waals surface area contributed by atoms with Crippen LogP contribution < -0.4 is 10.1 Å². The fourth-order valence-electron chi connectivity index (χ4n) is 2.62. The quantitative estimate of drug-likeness (QED) is 0.606. The summed E-state index contributed by atoms with van der Waals surface area (Å²) in [6.07, 6.45) is 0. The Bertz CT molecular complexity index is 928. The lowest BCUT2D eigenvalue weighted by Gasteiger charge is -2.15. The van der Waals surface area contributed by atoms with Gasteiger partial charge in [0, 0.05) is 16.1 Å². The van der Waals surface area contributed by atoms with Crippen LogP contribution in [0.15, 0.2) is 72.8 Å². The van der Waals surface area contributed by atoms with E-state index in [1.165, 1.54) is 12.1 Å². The second kappa shape index (κ2) is 8.69. The number of amides is 1. The standard InChI is InChI=1S/C22H19ClFNO2/c1-15(16-9-11-19(24)12-10-16)25-22(26)17-6-4-7-20(13-17)27-14-18-5-2-3-8-21(18)23/h2-13,15H,14H2,1H3,(H,25,26)/t15-/m0/s1. The van der Waals surface area contributed by atoms with Crippen LogP contribution in [0.1, 0.15) is 34.5 Å². The molecule has 0 unspecified atom stereocenters. The normalized spacial score (nSPS) is 11.7. The van der Waals surface area contributed by atoms with Gasteiger partial charge in [-0.05, 0) is 48.9 Å². The highest BCUT2D eigenvalue weighted by Gasteiger charge is 2.12. The summed E-state index contributed by atoms with van der Waals surface area (Å²) in [5.41, 5.74) is 2.19. The number of carbonyl (C=O) groups is 1. The first-order chi connectivity index (χ1) is 13.0. The number of hydrogen-bond acceptors (Lipinski definition) is 2. The Kier molecular flexibility index (Phi) is 6.09. The summed E-state index contributed by atoms with van der Waals surface area (Å²) in [7, 11) is 0. The van der Waals surface area contributed by atoms with Gasteiger partial charge < -0.3 is 10.1 Å². The van der Waals surface area contributed by atoms with E-state index in [1.807, 2.05) is 25.1 Å². The van der Waals surface area contributed by atoms with Gasteiger partial charge in [0.1, 0.15) is 18.2 Å². The molecule has 3 nitrogen and oxygen atoms in total. The molecule has 0 saturated carbocycles. The predicted molar refractivity (Wildman–Crippen MR) is 105 cm³/mol. The van der Waals surface area contributed by atoms with Gasteiger partial charge in [-0.2, -0.15) is 0 Å². The lowest BCUT2D eigenvalue weighted by Crippen LogP contribution is -2.26. The fourth-order valence-corrected chi connectivity index (χ4v) is 2.81. The molecule has 5 heteroatoms. The predicted octanol–water partition coefficient (Wildman–Crippen LogP) is 5.55. The first-order valence-electron chi connectivity index (χ1n) is 8.55. The van der Waals surface area contributed by atoms with E-state index >= 15 is 0 Å². The minimum absolute atomic E-state index is 0.227. The van der Waals surface area contributed by atoms with E-state index in [0.717, 1.165) is 11.1 Å². The summed E-state index contributed by atoms with van der Waals surface area (Å²) in [4.78, 5) is 12.5. The first kappa shape index (κ1) is 18.9. The van der Waals surface area contributed by atoms with Crippen LogP contribution in [0.4, 0.5) is 4.39 Å². The highest BCUT2D eigenvalue weighted by atomic mass is 35.5. The van der Waals surface area contributed by atoms with E-state index in [9.17, 15) is 9.18 Å². The smallest absolute Gasteiger partial charge is 0.251 e. The summed E-state index contributed by atoms with van der Waals surface area (Å²) in [6.45, 7) is 2.17. The van der Waals surface area contributed by atoms with Crippen molar-refractivity contribution in [2.45, 2.75) is 19.6 Å². The largest absolute Gasteiger partial charge is 0.489 e. The summed E-state index contributed by atoms with van der Waals surface area (Å²) >= 11 is 6.13. The molecular weight excluding hydrogens is 365 g/mol. The molecule has 0 aliphatic rings. The SMILES string of the molecule is C[C@H](NC(=O)c1cccc(OCc2ccccc2Cl)c1)c1ccc(F)cc1. The Morgan fingerprint density at radius 3 is 2.56 bits per heavy atom. The van der Waals surface area contributed by atoms with Crippen molar-refractivity contribution in [1.82, 2.24) is 5.32 Å². The molecule has 0 bridgehead atoms. The maximum atomic E-state index is 13.0. The van der Waals surface area contributed by atoms with E-state index in [1.54, 1.807) is 42.5 Å². The lowest BCUT2D eigenvalue weighted by atomic mass is 10.1. The molecule has 0 heterocycles. The maximum Gasteiger partial charge on any atom is 0.251 e. The summed E-state index contributed by atoms with van der Waals surface area (Å²) < 4.78 is 18.8. The van der Waals surface area contributed by atoms with Gasteiger partial charge in [-0.15, -0.1) is 0 Å². The average Bonchev–Trinajstić information content (AvgIpc) is 2.68. The van der Waals surface area contributed by atoms with Crippen LogP contribution in [0, 0.1) is 5.82 Å². The number of halogens is 2. The fraction of sp³-hybridized carbons (Fsp3) is 0.136. The number of hydrogen-bond donors (Lipinski definition) is 1. The van der Waals surface area contributed by atoms with Crippen molar-refractivity contribution in [3.63, 3.8) is 0 Å². The van der Waals surface area contributed by atoms with Gasteiger partial charge in [0.05, 0.1) is 6.04 Å². The molecule has 1 N–H and O–H groups in total. The minimum atomic E-state index is -0.305. The van der Waals surface area contributed by atoms with Crippen LogP contribution >= 0.6 is 11.6 Å². The Morgan fingerprint density at radius 1 is 1.07 bits per heavy atom. The Morgan fingerprint density at radius 2 is 1.81 bits per heavy atom. The molecule has 0 saturated heterocycles. The van der Waals surface area contributed by atoms with E-state index < -0.39 is 0 Å². The molecule has 1 amide bonds. The molecular formula is C22H19ClFNO2. The van der Waals surface area contributed by atoms with Crippen LogP contribution in [-0.2, 0) is 6.61 Å².